The lowest BCUT2D eigenvalue weighted by molar-refractivity contribution is -0.134. The molecule has 104 valence electrons. The molecule has 19 heavy (non-hydrogen) atoms. The zero-order valence-electron chi connectivity index (χ0n) is 11.1. The van der Waals surface area contributed by atoms with E-state index >= 15 is 0 Å². The van der Waals surface area contributed by atoms with Crippen LogP contribution in [0.15, 0.2) is 24.3 Å². The van der Waals surface area contributed by atoms with Crippen LogP contribution < -0.4 is 10.6 Å². The van der Waals surface area contributed by atoms with Crippen molar-refractivity contribution in [3.63, 3.8) is 0 Å². The van der Waals surface area contributed by atoms with Crippen molar-refractivity contribution in [2.24, 2.45) is 0 Å². The number of aliphatic hydroxyl groups excluding tert-OH is 1. The van der Waals surface area contributed by atoms with Crippen molar-refractivity contribution in [1.29, 1.82) is 0 Å². The van der Waals surface area contributed by atoms with Gasteiger partial charge in [0.1, 0.15) is 6.10 Å². The summed E-state index contributed by atoms with van der Waals surface area (Å²) in [4.78, 5) is 11.8. The van der Waals surface area contributed by atoms with E-state index in [0.717, 1.165) is 17.7 Å². The van der Waals surface area contributed by atoms with Crippen molar-refractivity contribution in [3.8, 4) is 0 Å². The summed E-state index contributed by atoms with van der Waals surface area (Å²) in [6, 6.07) is 7.54. The van der Waals surface area contributed by atoms with E-state index in [2.05, 4.69) is 10.6 Å². The standard InChI is InChI=1S/C14H20N2O3/c1-10(17)12-4-2-11(3-5-12)8-16-14(18)13-9-15-6-7-19-13/h2-5,10,13,15,17H,6-9H2,1H3,(H,16,18)/t10-,13-/m0/s1. The van der Waals surface area contributed by atoms with Gasteiger partial charge >= 0.3 is 0 Å². The topological polar surface area (TPSA) is 70.6 Å². The van der Waals surface area contributed by atoms with Gasteiger partial charge in [0.15, 0.2) is 0 Å². The van der Waals surface area contributed by atoms with Gasteiger partial charge in [0, 0.05) is 19.6 Å². The molecule has 2 rings (SSSR count). The average molecular weight is 264 g/mol. The van der Waals surface area contributed by atoms with E-state index in [1.165, 1.54) is 0 Å². The summed E-state index contributed by atoms with van der Waals surface area (Å²) >= 11 is 0. The monoisotopic (exact) mass is 264 g/mol. The third-order valence-electron chi connectivity index (χ3n) is 3.15. The maximum Gasteiger partial charge on any atom is 0.250 e. The summed E-state index contributed by atoms with van der Waals surface area (Å²) in [7, 11) is 0. The molecule has 1 saturated heterocycles. The van der Waals surface area contributed by atoms with Crippen molar-refractivity contribution in [1.82, 2.24) is 10.6 Å². The molecule has 0 saturated carbocycles. The molecular formula is C14H20N2O3. The van der Waals surface area contributed by atoms with E-state index in [0.29, 0.717) is 19.7 Å². The van der Waals surface area contributed by atoms with E-state index in [-0.39, 0.29) is 5.91 Å². The van der Waals surface area contributed by atoms with Crippen molar-refractivity contribution in [3.05, 3.63) is 35.4 Å². The molecule has 1 aliphatic rings. The van der Waals surface area contributed by atoms with Gasteiger partial charge in [0.25, 0.3) is 5.91 Å². The van der Waals surface area contributed by atoms with E-state index in [4.69, 9.17) is 4.74 Å². The zero-order valence-corrected chi connectivity index (χ0v) is 11.1. The number of hydrogen-bond acceptors (Lipinski definition) is 4. The Morgan fingerprint density at radius 1 is 1.53 bits per heavy atom. The highest BCUT2D eigenvalue weighted by Gasteiger charge is 2.21. The number of rotatable bonds is 4. The Hall–Kier alpha value is -1.43. The van der Waals surface area contributed by atoms with Gasteiger partial charge in [-0.1, -0.05) is 24.3 Å². The number of nitrogens with one attached hydrogen (secondary N) is 2. The summed E-state index contributed by atoms with van der Waals surface area (Å²) < 4.78 is 5.37. The first-order valence-electron chi connectivity index (χ1n) is 6.54. The van der Waals surface area contributed by atoms with Gasteiger partial charge in [0.05, 0.1) is 12.7 Å². The van der Waals surface area contributed by atoms with Crippen LogP contribution in [0, 0.1) is 0 Å². The third-order valence-corrected chi connectivity index (χ3v) is 3.15. The number of aliphatic hydroxyl groups is 1. The second-order valence-electron chi connectivity index (χ2n) is 4.70. The van der Waals surface area contributed by atoms with E-state index < -0.39 is 12.2 Å². The minimum Gasteiger partial charge on any atom is -0.389 e. The average Bonchev–Trinajstić information content (AvgIpc) is 2.46. The van der Waals surface area contributed by atoms with Crippen molar-refractivity contribution < 1.29 is 14.6 Å². The minimum atomic E-state index is -0.467. The third kappa shape index (κ3) is 4.02. The summed E-state index contributed by atoms with van der Waals surface area (Å²) in [5.41, 5.74) is 1.87. The molecule has 0 spiro atoms. The molecule has 3 N–H and O–H groups in total. The van der Waals surface area contributed by atoms with Crippen LogP contribution in [-0.2, 0) is 16.1 Å². The van der Waals surface area contributed by atoms with Gasteiger partial charge in [-0.05, 0) is 18.1 Å². The summed E-state index contributed by atoms with van der Waals surface area (Å²) in [6.07, 6.45) is -0.865. The Labute approximate surface area is 113 Å². The lowest BCUT2D eigenvalue weighted by Gasteiger charge is -2.22. The SMILES string of the molecule is C[C@H](O)c1ccc(CNC(=O)[C@@H]2CNCCO2)cc1. The predicted molar refractivity (Wildman–Crippen MR) is 71.5 cm³/mol. The van der Waals surface area contributed by atoms with Crippen LogP contribution in [0.5, 0.6) is 0 Å². The smallest absolute Gasteiger partial charge is 0.250 e. The predicted octanol–water partition coefficient (Wildman–Crippen LogP) is 0.345. The molecule has 1 aromatic carbocycles. The van der Waals surface area contributed by atoms with Crippen LogP contribution in [0.3, 0.4) is 0 Å². The molecular weight excluding hydrogens is 244 g/mol. The van der Waals surface area contributed by atoms with Gasteiger partial charge in [-0.25, -0.2) is 0 Å². The van der Waals surface area contributed by atoms with Gasteiger partial charge in [-0.3, -0.25) is 4.79 Å². The molecule has 1 heterocycles. The lowest BCUT2D eigenvalue weighted by Crippen LogP contribution is -2.47. The van der Waals surface area contributed by atoms with Crippen LogP contribution >= 0.6 is 0 Å². The lowest BCUT2D eigenvalue weighted by atomic mass is 10.1. The summed E-state index contributed by atoms with van der Waals surface area (Å²) in [5.74, 6) is -0.0909. The molecule has 1 amide bonds. The van der Waals surface area contributed by atoms with Crippen LogP contribution in [0.4, 0.5) is 0 Å². The first kappa shape index (κ1) is 14.0. The maximum absolute atomic E-state index is 11.8. The number of morpholine rings is 1. The van der Waals surface area contributed by atoms with E-state index in [9.17, 15) is 9.90 Å². The normalized spacial score (nSPS) is 20.8. The van der Waals surface area contributed by atoms with Crippen molar-refractivity contribution >= 4 is 5.91 Å². The molecule has 1 aliphatic heterocycles. The number of ether oxygens (including phenoxy) is 1. The number of amides is 1. The minimum absolute atomic E-state index is 0.0909. The second kappa shape index (κ2) is 6.65. The molecule has 1 aromatic rings. The number of carbonyl (C=O) groups is 1. The van der Waals surface area contributed by atoms with Crippen LogP contribution in [0.2, 0.25) is 0 Å². The Bertz CT molecular complexity index is 411. The van der Waals surface area contributed by atoms with Gasteiger partial charge in [-0.15, -0.1) is 0 Å². The molecule has 0 aliphatic carbocycles. The molecule has 0 unspecified atom stereocenters. The fourth-order valence-electron chi connectivity index (χ4n) is 1.95. The number of carbonyl (C=O) groups excluding carboxylic acids is 1. The molecule has 0 aromatic heterocycles. The Balaban J connectivity index is 1.82. The maximum atomic E-state index is 11.8. The van der Waals surface area contributed by atoms with Gasteiger partial charge < -0.3 is 20.5 Å². The fourth-order valence-corrected chi connectivity index (χ4v) is 1.95. The van der Waals surface area contributed by atoms with Gasteiger partial charge in [-0.2, -0.15) is 0 Å². The largest absolute Gasteiger partial charge is 0.389 e. The molecule has 0 radical (unpaired) electrons. The molecule has 5 nitrogen and oxygen atoms in total. The number of hydrogen-bond donors (Lipinski definition) is 3. The highest BCUT2D eigenvalue weighted by atomic mass is 16.5. The molecule has 2 atom stereocenters. The van der Waals surface area contributed by atoms with E-state index in [1.54, 1.807) is 6.92 Å². The van der Waals surface area contributed by atoms with Crippen molar-refractivity contribution in [2.45, 2.75) is 25.7 Å². The highest BCUT2D eigenvalue weighted by molar-refractivity contribution is 5.81. The Morgan fingerprint density at radius 3 is 2.84 bits per heavy atom. The quantitative estimate of drug-likeness (QED) is 0.733. The van der Waals surface area contributed by atoms with Crippen LogP contribution in [0.1, 0.15) is 24.2 Å². The van der Waals surface area contributed by atoms with Gasteiger partial charge in [0.2, 0.25) is 0 Å². The van der Waals surface area contributed by atoms with Crippen molar-refractivity contribution in [2.75, 3.05) is 19.7 Å². The van der Waals surface area contributed by atoms with E-state index in [1.807, 2.05) is 24.3 Å². The zero-order chi connectivity index (χ0) is 13.7. The van der Waals surface area contributed by atoms with Crippen LogP contribution in [0.25, 0.3) is 0 Å². The first-order valence-corrected chi connectivity index (χ1v) is 6.54. The summed E-state index contributed by atoms with van der Waals surface area (Å²) in [5, 5.41) is 15.4. The number of benzene rings is 1. The molecule has 0 bridgehead atoms. The fraction of sp³-hybridized carbons (Fsp3) is 0.500. The Morgan fingerprint density at radius 2 is 2.26 bits per heavy atom. The first-order chi connectivity index (χ1) is 9.16. The second-order valence-corrected chi connectivity index (χ2v) is 4.70. The summed E-state index contributed by atoms with van der Waals surface area (Å²) in [6.45, 7) is 4.13. The van der Waals surface area contributed by atoms with Crippen LogP contribution in [-0.4, -0.2) is 36.8 Å². The highest BCUT2D eigenvalue weighted by Crippen LogP contribution is 2.12. The molecule has 5 heteroatoms. The molecule has 1 fully saturated rings. The Kier molecular flexibility index (Phi) is 4.90.